The smallest absolute Gasteiger partial charge is 0.243 e. The first-order valence-corrected chi connectivity index (χ1v) is 12.6. The van der Waals surface area contributed by atoms with E-state index in [4.69, 9.17) is 4.42 Å². The molecule has 1 N–H and O–H groups in total. The molecule has 8 heteroatoms. The second-order valence-electron chi connectivity index (χ2n) is 8.44. The number of piperazine rings is 1. The number of carbonyl (C=O) groups is 1. The van der Waals surface area contributed by atoms with E-state index < -0.39 is 10.0 Å². The zero-order chi connectivity index (χ0) is 21.7. The maximum Gasteiger partial charge on any atom is 0.243 e. The number of hydrogen-bond acceptors (Lipinski definition) is 5. The van der Waals surface area contributed by atoms with Crippen LogP contribution in [0.15, 0.2) is 52.0 Å². The van der Waals surface area contributed by atoms with Crippen LogP contribution in [0, 0.1) is 0 Å². The molecule has 0 spiro atoms. The van der Waals surface area contributed by atoms with Gasteiger partial charge in [0, 0.05) is 26.2 Å². The highest BCUT2D eigenvalue weighted by atomic mass is 32.2. The molecular weight excluding hydrogens is 414 g/mol. The standard InChI is InChI=1S/C23H31N3O4S/c27-23(24-17-21-7-4-16-30-21)18-25-12-14-26(15-13-25)31(28,29)22-10-8-20(9-11-22)19-5-2-1-3-6-19/h4,7-11,16,19H,1-3,5-6,12-15,17-18H2,(H,24,27). The molecule has 0 unspecified atom stereocenters. The number of rotatable bonds is 7. The van der Waals surface area contributed by atoms with Gasteiger partial charge in [-0.2, -0.15) is 4.31 Å². The number of furan rings is 1. The van der Waals surface area contributed by atoms with Gasteiger partial charge in [-0.1, -0.05) is 31.4 Å². The largest absolute Gasteiger partial charge is 0.467 e. The van der Waals surface area contributed by atoms with Gasteiger partial charge in [-0.05, 0) is 48.6 Å². The fourth-order valence-corrected chi connectivity index (χ4v) is 5.90. The molecule has 2 aliphatic rings. The van der Waals surface area contributed by atoms with Crippen LogP contribution in [0.1, 0.15) is 49.3 Å². The van der Waals surface area contributed by atoms with Gasteiger partial charge in [0.1, 0.15) is 5.76 Å². The third kappa shape index (κ3) is 5.56. The SMILES string of the molecule is O=C(CN1CCN(S(=O)(=O)c2ccc(C3CCCCC3)cc2)CC1)NCc1ccco1. The van der Waals surface area contributed by atoms with Crippen molar-refractivity contribution in [2.75, 3.05) is 32.7 Å². The molecule has 0 bridgehead atoms. The summed E-state index contributed by atoms with van der Waals surface area (Å²) in [4.78, 5) is 14.5. The first-order chi connectivity index (χ1) is 15.0. The van der Waals surface area contributed by atoms with Crippen LogP contribution in [-0.4, -0.2) is 56.3 Å². The summed E-state index contributed by atoms with van der Waals surface area (Å²) in [5, 5.41) is 2.83. The molecule has 1 aliphatic carbocycles. The predicted molar refractivity (Wildman–Crippen MR) is 118 cm³/mol. The Morgan fingerprint density at radius 2 is 1.71 bits per heavy atom. The molecule has 31 heavy (non-hydrogen) atoms. The summed E-state index contributed by atoms with van der Waals surface area (Å²) in [6, 6.07) is 11.1. The molecule has 1 saturated carbocycles. The van der Waals surface area contributed by atoms with Gasteiger partial charge in [0.15, 0.2) is 0 Å². The fraction of sp³-hybridized carbons (Fsp3) is 0.522. The lowest BCUT2D eigenvalue weighted by molar-refractivity contribution is -0.122. The van der Waals surface area contributed by atoms with Gasteiger partial charge >= 0.3 is 0 Å². The molecule has 2 aromatic rings. The second kappa shape index (κ2) is 9.97. The van der Waals surface area contributed by atoms with Gasteiger partial charge in [-0.3, -0.25) is 9.69 Å². The van der Waals surface area contributed by atoms with Crippen molar-refractivity contribution in [3.05, 3.63) is 54.0 Å². The molecule has 4 rings (SSSR count). The lowest BCUT2D eigenvalue weighted by Gasteiger charge is -2.33. The monoisotopic (exact) mass is 445 g/mol. The molecule has 2 fully saturated rings. The van der Waals surface area contributed by atoms with Crippen LogP contribution in [0.5, 0.6) is 0 Å². The predicted octanol–water partition coefficient (Wildman–Crippen LogP) is 2.95. The Hall–Kier alpha value is -2.16. The van der Waals surface area contributed by atoms with Crippen LogP contribution in [0.4, 0.5) is 0 Å². The summed E-state index contributed by atoms with van der Waals surface area (Å²) < 4.78 is 32.8. The highest BCUT2D eigenvalue weighted by Gasteiger charge is 2.29. The van der Waals surface area contributed by atoms with Crippen molar-refractivity contribution < 1.29 is 17.6 Å². The van der Waals surface area contributed by atoms with E-state index in [1.54, 1.807) is 24.5 Å². The minimum atomic E-state index is -3.51. The van der Waals surface area contributed by atoms with Gasteiger partial charge in [-0.25, -0.2) is 8.42 Å². The number of benzene rings is 1. The quantitative estimate of drug-likeness (QED) is 0.709. The highest BCUT2D eigenvalue weighted by Crippen LogP contribution is 2.33. The lowest BCUT2D eigenvalue weighted by atomic mass is 9.84. The van der Waals surface area contributed by atoms with E-state index in [-0.39, 0.29) is 12.5 Å². The lowest BCUT2D eigenvalue weighted by Crippen LogP contribution is -2.50. The third-order valence-corrected chi connectivity index (χ3v) is 8.25. The molecule has 1 aliphatic heterocycles. The van der Waals surface area contributed by atoms with Crippen molar-refractivity contribution in [3.63, 3.8) is 0 Å². The summed E-state index contributed by atoms with van der Waals surface area (Å²) in [6.45, 7) is 2.46. The molecule has 168 valence electrons. The van der Waals surface area contributed by atoms with Crippen molar-refractivity contribution >= 4 is 15.9 Å². The van der Waals surface area contributed by atoms with Crippen molar-refractivity contribution in [1.29, 1.82) is 0 Å². The number of carbonyl (C=O) groups excluding carboxylic acids is 1. The summed E-state index contributed by atoms with van der Waals surface area (Å²) in [5.74, 6) is 1.18. The summed E-state index contributed by atoms with van der Waals surface area (Å²) in [6.07, 6.45) is 7.79. The number of nitrogens with zero attached hydrogens (tertiary/aromatic N) is 2. The molecule has 0 radical (unpaired) electrons. The Kier molecular flexibility index (Phi) is 7.09. The Morgan fingerprint density at radius 3 is 2.35 bits per heavy atom. The molecule has 2 heterocycles. The fourth-order valence-electron chi connectivity index (χ4n) is 4.48. The zero-order valence-electron chi connectivity index (χ0n) is 17.8. The van der Waals surface area contributed by atoms with Gasteiger partial charge < -0.3 is 9.73 Å². The van der Waals surface area contributed by atoms with Crippen molar-refractivity contribution in [1.82, 2.24) is 14.5 Å². The normalized spacial score (nSPS) is 19.4. The number of nitrogens with one attached hydrogen (secondary N) is 1. The number of amides is 1. The molecule has 7 nitrogen and oxygen atoms in total. The number of sulfonamides is 1. The Labute approximate surface area is 184 Å². The Bertz CT molecular complexity index is 943. The maximum atomic E-state index is 13.1. The van der Waals surface area contributed by atoms with Crippen LogP contribution in [0.2, 0.25) is 0 Å². The van der Waals surface area contributed by atoms with E-state index in [2.05, 4.69) is 5.32 Å². The maximum absolute atomic E-state index is 13.1. The van der Waals surface area contributed by atoms with E-state index in [1.807, 2.05) is 23.1 Å². The van der Waals surface area contributed by atoms with Gasteiger partial charge in [-0.15, -0.1) is 0 Å². The van der Waals surface area contributed by atoms with E-state index in [0.717, 1.165) is 0 Å². The molecule has 1 saturated heterocycles. The van der Waals surface area contributed by atoms with Crippen LogP contribution in [0.3, 0.4) is 0 Å². The molecule has 1 aromatic heterocycles. The van der Waals surface area contributed by atoms with Crippen LogP contribution < -0.4 is 5.32 Å². The average molecular weight is 446 g/mol. The first kappa shape index (κ1) is 22.0. The summed E-state index contributed by atoms with van der Waals surface area (Å²) in [5.41, 5.74) is 1.25. The van der Waals surface area contributed by atoms with Gasteiger partial charge in [0.05, 0.1) is 24.2 Å². The summed E-state index contributed by atoms with van der Waals surface area (Å²) >= 11 is 0. The Balaban J connectivity index is 1.27. The average Bonchev–Trinajstić information content (AvgIpc) is 3.33. The number of hydrogen-bond donors (Lipinski definition) is 1. The van der Waals surface area contributed by atoms with Crippen LogP contribution >= 0.6 is 0 Å². The first-order valence-electron chi connectivity index (χ1n) is 11.1. The molecular formula is C23H31N3O4S. The van der Waals surface area contributed by atoms with Gasteiger partial charge in [0.2, 0.25) is 15.9 Å². The van der Waals surface area contributed by atoms with E-state index >= 15 is 0 Å². The van der Waals surface area contributed by atoms with Crippen molar-refractivity contribution in [3.8, 4) is 0 Å². The van der Waals surface area contributed by atoms with E-state index in [0.29, 0.717) is 49.3 Å². The van der Waals surface area contributed by atoms with Crippen molar-refractivity contribution in [2.24, 2.45) is 0 Å². The Morgan fingerprint density at radius 1 is 1.00 bits per heavy atom. The van der Waals surface area contributed by atoms with Crippen molar-refractivity contribution in [2.45, 2.75) is 49.5 Å². The molecule has 1 amide bonds. The molecule has 0 atom stereocenters. The summed E-state index contributed by atoms with van der Waals surface area (Å²) in [7, 11) is -3.51. The minimum Gasteiger partial charge on any atom is -0.467 e. The minimum absolute atomic E-state index is 0.0917. The third-order valence-electron chi connectivity index (χ3n) is 6.33. The van der Waals surface area contributed by atoms with Gasteiger partial charge in [0.25, 0.3) is 0 Å². The molecule has 1 aromatic carbocycles. The van der Waals surface area contributed by atoms with E-state index in [9.17, 15) is 13.2 Å². The zero-order valence-corrected chi connectivity index (χ0v) is 18.6. The topological polar surface area (TPSA) is 82.9 Å². The van der Waals surface area contributed by atoms with Crippen LogP contribution in [0.25, 0.3) is 0 Å². The second-order valence-corrected chi connectivity index (χ2v) is 10.4. The van der Waals surface area contributed by atoms with Crippen LogP contribution in [-0.2, 0) is 21.4 Å². The van der Waals surface area contributed by atoms with E-state index in [1.165, 1.54) is 42.0 Å². The highest BCUT2D eigenvalue weighted by molar-refractivity contribution is 7.89.